The number of rotatable bonds is 5. The van der Waals surface area contributed by atoms with Gasteiger partial charge in [-0.1, -0.05) is 30.3 Å². The van der Waals surface area contributed by atoms with E-state index in [1.807, 2.05) is 30.6 Å². The second-order valence-corrected chi connectivity index (χ2v) is 8.47. The molecule has 3 aliphatic heterocycles. The summed E-state index contributed by atoms with van der Waals surface area (Å²) in [5.74, 6) is 2.67. The zero-order valence-electron chi connectivity index (χ0n) is 15.4. The van der Waals surface area contributed by atoms with Gasteiger partial charge in [0.05, 0.1) is 0 Å². The first-order chi connectivity index (χ1) is 12.8. The third kappa shape index (κ3) is 3.67. The third-order valence-electron chi connectivity index (χ3n) is 6.24. The van der Waals surface area contributed by atoms with Gasteiger partial charge in [0.2, 0.25) is 0 Å². The fraction of sp³-hybridized carbons (Fsp3) is 0.545. The number of hydrogen-bond acceptors (Lipinski definition) is 4. The van der Waals surface area contributed by atoms with Crippen LogP contribution in [0.5, 0.6) is 0 Å². The molecule has 0 radical (unpaired) electrons. The lowest BCUT2D eigenvalue weighted by Gasteiger charge is -2.36. The van der Waals surface area contributed by atoms with E-state index in [0.29, 0.717) is 0 Å². The summed E-state index contributed by atoms with van der Waals surface area (Å²) in [6.45, 7) is 6.10. The first-order valence-corrected chi connectivity index (χ1v) is 10.2. The molecule has 2 atom stereocenters. The van der Waals surface area contributed by atoms with Crippen molar-refractivity contribution in [2.24, 2.45) is 11.8 Å². The van der Waals surface area contributed by atoms with Crippen molar-refractivity contribution in [2.45, 2.75) is 38.3 Å². The summed E-state index contributed by atoms with van der Waals surface area (Å²) in [7, 11) is 0. The topological polar surface area (TPSA) is 32.3 Å². The molecular weight excluding hydrogens is 320 g/mol. The second-order valence-electron chi connectivity index (χ2n) is 8.47. The second kappa shape index (κ2) is 7.09. The van der Waals surface area contributed by atoms with E-state index in [9.17, 15) is 0 Å². The Bertz CT molecular complexity index is 726. The Morgan fingerprint density at radius 1 is 0.885 bits per heavy atom. The minimum atomic E-state index is 0.763. The van der Waals surface area contributed by atoms with Crippen LogP contribution < -0.4 is 0 Å². The highest BCUT2D eigenvalue weighted by atomic mass is 15.3. The Morgan fingerprint density at radius 3 is 2.46 bits per heavy atom. The molecule has 3 saturated heterocycles. The molecule has 6 rings (SSSR count). The molecule has 4 heteroatoms. The van der Waals surface area contributed by atoms with Crippen molar-refractivity contribution < 1.29 is 0 Å². The highest BCUT2D eigenvalue weighted by Gasteiger charge is 2.37. The Kier molecular flexibility index (Phi) is 4.47. The average molecular weight is 348 g/mol. The highest BCUT2D eigenvalue weighted by molar-refractivity contribution is 5.53. The van der Waals surface area contributed by atoms with Crippen LogP contribution in [0.25, 0.3) is 11.4 Å². The van der Waals surface area contributed by atoms with Crippen molar-refractivity contribution in [3.8, 4) is 11.4 Å². The molecule has 0 spiro atoms. The van der Waals surface area contributed by atoms with Gasteiger partial charge in [-0.05, 0) is 37.5 Å². The zero-order chi connectivity index (χ0) is 17.3. The Hall–Kier alpha value is -1.78. The van der Waals surface area contributed by atoms with E-state index in [0.717, 1.165) is 35.8 Å². The number of benzene rings is 1. The molecule has 0 unspecified atom stereocenters. The van der Waals surface area contributed by atoms with Gasteiger partial charge >= 0.3 is 0 Å². The summed E-state index contributed by atoms with van der Waals surface area (Å²) < 4.78 is 0. The third-order valence-corrected chi connectivity index (χ3v) is 6.24. The maximum atomic E-state index is 4.61. The molecule has 2 bridgehead atoms. The van der Waals surface area contributed by atoms with Crippen LogP contribution in [0.15, 0.2) is 42.7 Å². The average Bonchev–Trinajstić information content (AvgIpc) is 3.51. The van der Waals surface area contributed by atoms with Crippen molar-refractivity contribution in [1.82, 2.24) is 19.8 Å². The summed E-state index contributed by atoms with van der Waals surface area (Å²) in [4.78, 5) is 14.7. The molecule has 0 N–H and O–H groups in total. The van der Waals surface area contributed by atoms with E-state index in [4.69, 9.17) is 0 Å². The van der Waals surface area contributed by atoms with E-state index in [1.165, 1.54) is 57.4 Å². The first-order valence-electron chi connectivity index (χ1n) is 10.2. The van der Waals surface area contributed by atoms with Crippen LogP contribution in [-0.2, 0) is 6.54 Å². The lowest BCUT2D eigenvalue weighted by Crippen LogP contribution is -2.44. The fourth-order valence-corrected chi connectivity index (χ4v) is 4.69. The summed E-state index contributed by atoms with van der Waals surface area (Å²) in [5.41, 5.74) is 2.32. The van der Waals surface area contributed by atoms with Crippen LogP contribution >= 0.6 is 0 Å². The van der Waals surface area contributed by atoms with Gasteiger partial charge in [-0.25, -0.2) is 9.97 Å². The summed E-state index contributed by atoms with van der Waals surface area (Å²) in [6.07, 6.45) is 9.75. The number of piperidine rings is 1. The first kappa shape index (κ1) is 16.4. The zero-order valence-corrected chi connectivity index (χ0v) is 15.4. The standard InChI is InChI=1S/C22H28N4/c1-2-4-20(5-3-1)22-23-10-19(11-24-22)13-25-12-18-8-9-21(16-25)26(15-18)14-17-6-7-17/h1-5,10-11,17-18,21H,6-9,12-16H2/t18-,21+/m1/s1. The Labute approximate surface area is 156 Å². The molecule has 26 heavy (non-hydrogen) atoms. The molecule has 0 amide bonds. The van der Waals surface area contributed by atoms with Gasteiger partial charge in [0.15, 0.2) is 5.82 Å². The SMILES string of the molecule is c1ccc(-c2ncc(CN3C[C@H]4CC[C@@H](C3)N(CC3CC3)C4)cn2)cc1. The molecule has 4 aliphatic rings. The van der Waals surface area contributed by atoms with Crippen molar-refractivity contribution in [3.05, 3.63) is 48.3 Å². The molecular formula is C22H28N4. The number of aromatic nitrogens is 2. The van der Waals surface area contributed by atoms with Gasteiger partial charge in [-0.2, -0.15) is 0 Å². The van der Waals surface area contributed by atoms with E-state index < -0.39 is 0 Å². The smallest absolute Gasteiger partial charge is 0.159 e. The van der Waals surface area contributed by atoms with Gasteiger partial charge in [0.25, 0.3) is 0 Å². The normalized spacial score (nSPS) is 26.8. The molecule has 1 saturated carbocycles. The largest absolute Gasteiger partial charge is 0.299 e. The minimum absolute atomic E-state index is 0.763. The van der Waals surface area contributed by atoms with Crippen molar-refractivity contribution in [2.75, 3.05) is 26.2 Å². The van der Waals surface area contributed by atoms with Crippen LogP contribution in [0.4, 0.5) is 0 Å². The summed E-state index contributed by atoms with van der Waals surface area (Å²) in [6, 6.07) is 11.0. The highest BCUT2D eigenvalue weighted by Crippen LogP contribution is 2.35. The fourth-order valence-electron chi connectivity index (χ4n) is 4.69. The summed E-state index contributed by atoms with van der Waals surface area (Å²) in [5, 5.41) is 0. The van der Waals surface area contributed by atoms with Gasteiger partial charge in [0, 0.05) is 62.3 Å². The van der Waals surface area contributed by atoms with Gasteiger partial charge in [-0.15, -0.1) is 0 Å². The molecule has 1 aliphatic carbocycles. The van der Waals surface area contributed by atoms with Crippen LogP contribution in [0.3, 0.4) is 0 Å². The van der Waals surface area contributed by atoms with Crippen LogP contribution in [0.2, 0.25) is 0 Å². The predicted molar refractivity (Wildman–Crippen MR) is 104 cm³/mol. The minimum Gasteiger partial charge on any atom is -0.299 e. The van der Waals surface area contributed by atoms with Crippen molar-refractivity contribution in [1.29, 1.82) is 0 Å². The number of nitrogens with zero attached hydrogens (tertiary/aromatic N) is 4. The van der Waals surface area contributed by atoms with Gasteiger partial charge < -0.3 is 0 Å². The number of fused-ring (bicyclic) bond motifs is 4. The van der Waals surface area contributed by atoms with Crippen LogP contribution in [0, 0.1) is 11.8 Å². The quantitative estimate of drug-likeness (QED) is 0.828. The maximum Gasteiger partial charge on any atom is 0.159 e. The van der Waals surface area contributed by atoms with Crippen LogP contribution in [-0.4, -0.2) is 52.0 Å². The molecule has 4 heterocycles. The monoisotopic (exact) mass is 348 g/mol. The van der Waals surface area contributed by atoms with Gasteiger partial charge in [0.1, 0.15) is 0 Å². The van der Waals surface area contributed by atoms with Crippen LogP contribution in [0.1, 0.15) is 31.2 Å². The predicted octanol–water partition coefficient (Wildman–Crippen LogP) is 3.45. The van der Waals surface area contributed by atoms with E-state index in [1.54, 1.807) is 0 Å². The van der Waals surface area contributed by atoms with Gasteiger partial charge in [-0.3, -0.25) is 9.80 Å². The molecule has 4 nitrogen and oxygen atoms in total. The summed E-state index contributed by atoms with van der Waals surface area (Å²) >= 11 is 0. The lowest BCUT2D eigenvalue weighted by molar-refractivity contribution is 0.125. The van der Waals surface area contributed by atoms with E-state index >= 15 is 0 Å². The molecule has 2 aromatic rings. The molecule has 1 aromatic heterocycles. The molecule has 1 aromatic carbocycles. The Balaban J connectivity index is 1.25. The lowest BCUT2D eigenvalue weighted by atomic mass is 9.95. The van der Waals surface area contributed by atoms with Crippen molar-refractivity contribution in [3.63, 3.8) is 0 Å². The molecule has 136 valence electrons. The van der Waals surface area contributed by atoms with E-state index in [2.05, 4.69) is 31.9 Å². The maximum absolute atomic E-state index is 4.61. The Morgan fingerprint density at radius 2 is 1.69 bits per heavy atom. The van der Waals surface area contributed by atoms with E-state index in [-0.39, 0.29) is 0 Å². The number of hydrogen-bond donors (Lipinski definition) is 0. The van der Waals surface area contributed by atoms with Crippen molar-refractivity contribution >= 4 is 0 Å². The molecule has 4 fully saturated rings.